The van der Waals surface area contributed by atoms with Gasteiger partial charge in [0.05, 0.1) is 0 Å². The fourth-order valence-electron chi connectivity index (χ4n) is 2.75. The number of hydrogen-bond donors (Lipinski definition) is 2. The number of nitrogens with two attached hydrogens (primary N) is 1. The molecule has 1 aromatic carbocycles. The fraction of sp³-hybridized carbons (Fsp3) is 0.533. The minimum atomic E-state index is -1.01. The van der Waals surface area contributed by atoms with E-state index < -0.39 is 11.4 Å². The van der Waals surface area contributed by atoms with Crippen molar-refractivity contribution in [2.24, 2.45) is 5.73 Å². The average molecular weight is 264 g/mol. The molecule has 2 rings (SSSR count). The van der Waals surface area contributed by atoms with Crippen molar-refractivity contribution in [2.45, 2.75) is 50.6 Å². The van der Waals surface area contributed by atoms with Crippen LogP contribution in [0.15, 0.2) is 24.3 Å². The molecule has 4 heteroatoms. The summed E-state index contributed by atoms with van der Waals surface area (Å²) in [5, 5.41) is 3.33. The maximum absolute atomic E-state index is 13.4. The van der Waals surface area contributed by atoms with Gasteiger partial charge in [-0.25, -0.2) is 4.39 Å². The van der Waals surface area contributed by atoms with Gasteiger partial charge in [-0.15, -0.1) is 0 Å². The van der Waals surface area contributed by atoms with Crippen LogP contribution in [-0.4, -0.2) is 11.9 Å². The van der Waals surface area contributed by atoms with Crippen molar-refractivity contribution < 1.29 is 9.18 Å². The maximum Gasteiger partial charge on any atom is 0.242 e. The summed E-state index contributed by atoms with van der Waals surface area (Å²) in [6.45, 7) is 1.73. The minimum absolute atomic E-state index is 0.273. The summed E-state index contributed by atoms with van der Waals surface area (Å²) in [6, 6.07) is 6.36. The lowest BCUT2D eigenvalue weighted by atomic mass is 9.87. The third-order valence-corrected chi connectivity index (χ3v) is 3.99. The zero-order chi connectivity index (χ0) is 13.9. The first kappa shape index (κ1) is 14.0. The second-order valence-electron chi connectivity index (χ2n) is 5.48. The SMILES string of the molecule is CC(NC1CCCCC1)(C(N)=O)c1cccc(F)c1. The summed E-state index contributed by atoms with van der Waals surface area (Å²) in [7, 11) is 0. The van der Waals surface area contributed by atoms with E-state index in [2.05, 4.69) is 5.32 Å². The normalized spacial score (nSPS) is 19.9. The number of primary amides is 1. The molecular weight excluding hydrogens is 243 g/mol. The van der Waals surface area contributed by atoms with Crippen LogP contribution in [0.2, 0.25) is 0 Å². The Bertz CT molecular complexity index is 457. The Morgan fingerprint density at radius 1 is 1.37 bits per heavy atom. The molecule has 19 heavy (non-hydrogen) atoms. The van der Waals surface area contributed by atoms with Gasteiger partial charge in [-0.3, -0.25) is 10.1 Å². The summed E-state index contributed by atoms with van der Waals surface area (Å²) >= 11 is 0. The smallest absolute Gasteiger partial charge is 0.242 e. The van der Waals surface area contributed by atoms with E-state index in [4.69, 9.17) is 5.73 Å². The topological polar surface area (TPSA) is 55.1 Å². The highest BCUT2D eigenvalue weighted by molar-refractivity contribution is 5.85. The van der Waals surface area contributed by atoms with Gasteiger partial charge in [0, 0.05) is 6.04 Å². The van der Waals surface area contributed by atoms with E-state index in [1.165, 1.54) is 18.6 Å². The predicted octanol–water partition coefficient (Wildman–Crippen LogP) is 2.45. The molecule has 0 heterocycles. The Hall–Kier alpha value is -1.42. The molecule has 1 fully saturated rings. The van der Waals surface area contributed by atoms with E-state index in [1.807, 2.05) is 0 Å². The highest BCUT2D eigenvalue weighted by Crippen LogP contribution is 2.26. The van der Waals surface area contributed by atoms with Gasteiger partial charge in [-0.1, -0.05) is 31.4 Å². The van der Waals surface area contributed by atoms with E-state index in [1.54, 1.807) is 19.1 Å². The van der Waals surface area contributed by atoms with Gasteiger partial charge in [0.25, 0.3) is 0 Å². The quantitative estimate of drug-likeness (QED) is 0.877. The van der Waals surface area contributed by atoms with Crippen molar-refractivity contribution in [2.75, 3.05) is 0 Å². The van der Waals surface area contributed by atoms with E-state index in [0.29, 0.717) is 5.56 Å². The van der Waals surface area contributed by atoms with E-state index in [9.17, 15) is 9.18 Å². The molecule has 104 valence electrons. The van der Waals surface area contributed by atoms with Crippen LogP contribution in [0.4, 0.5) is 4.39 Å². The summed E-state index contributed by atoms with van der Waals surface area (Å²) in [5.74, 6) is -0.820. The van der Waals surface area contributed by atoms with Crippen molar-refractivity contribution in [3.8, 4) is 0 Å². The Labute approximate surface area is 113 Å². The van der Waals surface area contributed by atoms with Crippen LogP contribution in [0.5, 0.6) is 0 Å². The van der Waals surface area contributed by atoms with Crippen LogP contribution in [0.1, 0.15) is 44.6 Å². The van der Waals surface area contributed by atoms with Crippen molar-refractivity contribution in [1.29, 1.82) is 0 Å². The molecule has 3 nitrogen and oxygen atoms in total. The molecule has 0 radical (unpaired) electrons. The van der Waals surface area contributed by atoms with Gasteiger partial charge in [0.2, 0.25) is 5.91 Å². The lowest BCUT2D eigenvalue weighted by Crippen LogP contribution is -2.54. The van der Waals surface area contributed by atoms with Gasteiger partial charge in [-0.2, -0.15) is 0 Å². The summed E-state index contributed by atoms with van der Waals surface area (Å²) in [6.07, 6.45) is 5.65. The molecule has 0 aromatic heterocycles. The van der Waals surface area contributed by atoms with Crippen LogP contribution >= 0.6 is 0 Å². The molecule has 1 aliphatic rings. The second-order valence-corrected chi connectivity index (χ2v) is 5.48. The number of hydrogen-bond acceptors (Lipinski definition) is 2. The summed E-state index contributed by atoms with van der Waals surface area (Å²) in [5.41, 5.74) is 5.13. The molecule has 3 N–H and O–H groups in total. The molecule has 1 atom stereocenters. The molecule has 0 aliphatic heterocycles. The van der Waals surface area contributed by atoms with Crippen LogP contribution in [0, 0.1) is 5.82 Å². The Kier molecular flexibility index (Phi) is 4.20. The molecule has 1 amide bonds. The molecule has 0 spiro atoms. The van der Waals surface area contributed by atoms with Crippen molar-refractivity contribution >= 4 is 5.91 Å². The van der Waals surface area contributed by atoms with Crippen molar-refractivity contribution in [3.63, 3.8) is 0 Å². The van der Waals surface area contributed by atoms with Crippen LogP contribution in [-0.2, 0) is 10.3 Å². The zero-order valence-electron chi connectivity index (χ0n) is 11.3. The monoisotopic (exact) mass is 264 g/mol. The van der Waals surface area contributed by atoms with E-state index in [-0.39, 0.29) is 11.9 Å². The lowest BCUT2D eigenvalue weighted by molar-refractivity contribution is -0.124. The third-order valence-electron chi connectivity index (χ3n) is 3.99. The van der Waals surface area contributed by atoms with Crippen LogP contribution in [0.25, 0.3) is 0 Å². The van der Waals surface area contributed by atoms with Gasteiger partial charge < -0.3 is 5.73 Å². The number of carbonyl (C=O) groups excluding carboxylic acids is 1. The van der Waals surface area contributed by atoms with Gasteiger partial charge >= 0.3 is 0 Å². The molecule has 1 aromatic rings. The Morgan fingerprint density at radius 3 is 2.63 bits per heavy atom. The number of benzene rings is 1. The predicted molar refractivity (Wildman–Crippen MR) is 73.0 cm³/mol. The summed E-state index contributed by atoms with van der Waals surface area (Å²) in [4.78, 5) is 11.8. The lowest BCUT2D eigenvalue weighted by Gasteiger charge is -2.34. The molecule has 0 bridgehead atoms. The van der Waals surface area contributed by atoms with Crippen molar-refractivity contribution in [3.05, 3.63) is 35.6 Å². The third kappa shape index (κ3) is 3.13. The maximum atomic E-state index is 13.4. The largest absolute Gasteiger partial charge is 0.368 e. The van der Waals surface area contributed by atoms with Gasteiger partial charge in [0.15, 0.2) is 0 Å². The number of rotatable bonds is 4. The number of nitrogens with one attached hydrogen (secondary N) is 1. The number of amides is 1. The zero-order valence-corrected chi connectivity index (χ0v) is 11.3. The van der Waals surface area contributed by atoms with Gasteiger partial charge in [0.1, 0.15) is 11.4 Å². The van der Waals surface area contributed by atoms with Crippen LogP contribution in [0.3, 0.4) is 0 Å². The fourth-order valence-corrected chi connectivity index (χ4v) is 2.75. The first-order valence-corrected chi connectivity index (χ1v) is 6.86. The highest BCUT2D eigenvalue weighted by Gasteiger charge is 2.35. The number of halogens is 1. The van der Waals surface area contributed by atoms with Crippen LogP contribution < -0.4 is 11.1 Å². The first-order chi connectivity index (χ1) is 9.02. The van der Waals surface area contributed by atoms with Crippen molar-refractivity contribution in [1.82, 2.24) is 5.32 Å². The van der Waals surface area contributed by atoms with E-state index >= 15 is 0 Å². The highest BCUT2D eigenvalue weighted by atomic mass is 19.1. The first-order valence-electron chi connectivity index (χ1n) is 6.86. The minimum Gasteiger partial charge on any atom is -0.368 e. The molecular formula is C15H21FN2O. The van der Waals surface area contributed by atoms with E-state index in [0.717, 1.165) is 25.7 Å². The van der Waals surface area contributed by atoms with Gasteiger partial charge in [-0.05, 0) is 37.5 Å². The molecule has 1 unspecified atom stereocenters. The average Bonchev–Trinajstić information content (AvgIpc) is 2.39. The summed E-state index contributed by atoms with van der Waals surface area (Å²) < 4.78 is 13.4. The number of carbonyl (C=O) groups is 1. The Morgan fingerprint density at radius 2 is 2.05 bits per heavy atom. The molecule has 1 aliphatic carbocycles. The molecule has 1 saturated carbocycles. The molecule has 0 saturated heterocycles. The standard InChI is InChI=1S/C15H21FN2O/c1-15(14(17)19,11-6-5-7-12(16)10-11)18-13-8-3-2-4-9-13/h5-7,10,13,18H,2-4,8-9H2,1H3,(H2,17,19). The second kappa shape index (κ2) is 5.70. The Balaban J connectivity index is 2.24.